The molecule has 0 N–H and O–H groups in total. The molecule has 0 fully saturated rings. The Labute approximate surface area is 258 Å². The Morgan fingerprint density at radius 2 is 1.95 bits per heavy atom. The van der Waals surface area contributed by atoms with Crippen LogP contribution in [-0.4, -0.2) is 41.1 Å². The van der Waals surface area contributed by atoms with Crippen LogP contribution in [0.3, 0.4) is 0 Å². The van der Waals surface area contributed by atoms with Gasteiger partial charge in [0.05, 0.1) is 48.0 Å². The molecule has 3 rings (SSSR count). The molecule has 0 bridgehead atoms. The molecule has 230 valence electrons. The summed E-state index contributed by atoms with van der Waals surface area (Å²) in [5.74, 6) is -0.0449. The molecule has 0 saturated carbocycles. The molecule has 9 heteroatoms. The van der Waals surface area contributed by atoms with E-state index in [1.807, 2.05) is 13.0 Å². The van der Waals surface area contributed by atoms with Gasteiger partial charge in [-0.05, 0) is 62.3 Å². The van der Waals surface area contributed by atoms with Crippen LogP contribution in [0.5, 0.6) is 0 Å². The normalized spacial score (nSPS) is 15.1. The maximum absolute atomic E-state index is 14.5. The van der Waals surface area contributed by atoms with E-state index in [1.54, 1.807) is 54.3 Å². The fourth-order valence-electron chi connectivity index (χ4n) is 5.09. The molecule has 1 amide bonds. The zero-order valence-electron chi connectivity index (χ0n) is 25.6. The van der Waals surface area contributed by atoms with Gasteiger partial charge >= 0.3 is 0 Å². The van der Waals surface area contributed by atoms with Crippen LogP contribution in [0.4, 0.5) is 4.39 Å². The minimum atomic E-state index is -0.589. The van der Waals surface area contributed by atoms with Crippen LogP contribution in [0.1, 0.15) is 71.2 Å². The van der Waals surface area contributed by atoms with E-state index in [9.17, 15) is 14.0 Å². The number of amides is 1. The van der Waals surface area contributed by atoms with Gasteiger partial charge in [-0.25, -0.2) is 9.37 Å². The molecule has 1 aliphatic rings. The van der Waals surface area contributed by atoms with E-state index in [4.69, 9.17) is 26.1 Å². The molecule has 1 unspecified atom stereocenters. The Bertz CT molecular complexity index is 1530. The molecule has 1 atom stereocenters. The molecule has 1 aromatic carbocycles. The fourth-order valence-corrected chi connectivity index (χ4v) is 5.23. The van der Waals surface area contributed by atoms with Gasteiger partial charge in [0.15, 0.2) is 0 Å². The summed E-state index contributed by atoms with van der Waals surface area (Å²) in [5.41, 5.74) is 1.07. The smallest absolute Gasteiger partial charge is 0.265 e. The van der Waals surface area contributed by atoms with Crippen molar-refractivity contribution in [2.24, 2.45) is 0 Å². The van der Waals surface area contributed by atoms with Crippen molar-refractivity contribution in [1.82, 2.24) is 14.5 Å². The first-order chi connectivity index (χ1) is 20.8. The highest BCUT2D eigenvalue weighted by Gasteiger charge is 2.32. The summed E-state index contributed by atoms with van der Waals surface area (Å²) in [5, 5.41) is 0.402. The second-order valence-electron chi connectivity index (χ2n) is 10.0. The van der Waals surface area contributed by atoms with Crippen molar-refractivity contribution in [3.05, 3.63) is 105 Å². The minimum absolute atomic E-state index is 0.0216. The third-order valence-corrected chi connectivity index (χ3v) is 7.59. The highest BCUT2D eigenvalue weighted by Crippen LogP contribution is 2.31. The second kappa shape index (κ2) is 16.7. The maximum atomic E-state index is 14.5. The van der Waals surface area contributed by atoms with Crippen molar-refractivity contribution in [1.29, 1.82) is 0 Å². The lowest BCUT2D eigenvalue weighted by Gasteiger charge is -2.33. The Hall–Kier alpha value is -3.91. The average molecular weight is 610 g/mol. The molecule has 0 saturated heterocycles. The number of ether oxygens (including phenoxy) is 2. The molecule has 43 heavy (non-hydrogen) atoms. The van der Waals surface area contributed by atoms with Crippen LogP contribution in [0.2, 0.25) is 0 Å². The summed E-state index contributed by atoms with van der Waals surface area (Å²) in [4.78, 5) is 35.3. The van der Waals surface area contributed by atoms with Crippen molar-refractivity contribution in [2.75, 3.05) is 20.8 Å². The van der Waals surface area contributed by atoms with Gasteiger partial charge in [-0.3, -0.25) is 14.2 Å². The number of unbranched alkanes of at least 4 members (excludes halogenated alkanes) is 3. The lowest BCUT2D eigenvalue weighted by atomic mass is 10.0. The van der Waals surface area contributed by atoms with Crippen LogP contribution in [0.25, 0.3) is 16.6 Å². The first-order valence-electron chi connectivity index (χ1n) is 14.7. The first kappa shape index (κ1) is 33.6. The molecule has 2 aromatic rings. The van der Waals surface area contributed by atoms with Crippen LogP contribution in [0, 0.1) is 0 Å². The van der Waals surface area contributed by atoms with Gasteiger partial charge in [0.2, 0.25) is 0 Å². The number of hydrogen-bond acceptors (Lipinski definition) is 5. The van der Waals surface area contributed by atoms with Gasteiger partial charge in [-0.1, -0.05) is 62.9 Å². The minimum Gasteiger partial charge on any atom is -0.504 e. The Morgan fingerprint density at radius 3 is 2.63 bits per heavy atom. The standard InChI is InChI=1S/C34H41ClFN3O4/c1-6-9-10-13-22-38(33(40)26(16-14-23-42-4)31(8-3)43-5)30(7-2)32-37-29-17-12-11-15-25(29)34(41)39(32)24-18-20-27(35)28(36)21-19-24/h8,11-12,14-17,19-21,23,30H,6-7,9-10,13,18,22H2,1-5H3/b23-14+,26-16+,31-8+. The number of para-hydroxylation sites is 1. The maximum Gasteiger partial charge on any atom is 0.265 e. The van der Waals surface area contributed by atoms with E-state index < -0.39 is 11.9 Å². The Kier molecular flexibility index (Phi) is 13.0. The van der Waals surface area contributed by atoms with Gasteiger partial charge in [0, 0.05) is 18.7 Å². The zero-order chi connectivity index (χ0) is 31.4. The highest BCUT2D eigenvalue weighted by molar-refractivity contribution is 6.31. The van der Waals surface area contributed by atoms with Crippen LogP contribution < -0.4 is 5.56 Å². The van der Waals surface area contributed by atoms with Crippen molar-refractivity contribution in [3.63, 3.8) is 0 Å². The molecule has 7 nitrogen and oxygen atoms in total. The molecule has 1 aromatic heterocycles. The summed E-state index contributed by atoms with van der Waals surface area (Å²) in [7, 11) is 3.05. The Balaban J connectivity index is 2.29. The van der Waals surface area contributed by atoms with Crippen molar-refractivity contribution >= 4 is 34.1 Å². The van der Waals surface area contributed by atoms with E-state index in [-0.39, 0.29) is 22.9 Å². The number of halogens is 2. The SMILES string of the molecule is C\C=C(OC)/C(=C\C=C\OC)C(=O)N(CCCCCC)C(CC)c1nc2ccccc2c(=O)n1C1=CC=C(F)C(Cl)=CC1. The number of methoxy groups -OCH3 is 2. The van der Waals surface area contributed by atoms with Gasteiger partial charge in [-0.15, -0.1) is 0 Å². The highest BCUT2D eigenvalue weighted by atomic mass is 35.5. The summed E-state index contributed by atoms with van der Waals surface area (Å²) in [6.45, 7) is 6.33. The topological polar surface area (TPSA) is 73.7 Å². The Morgan fingerprint density at radius 1 is 1.19 bits per heavy atom. The van der Waals surface area contributed by atoms with E-state index >= 15 is 0 Å². The monoisotopic (exact) mass is 609 g/mol. The number of nitrogens with zero attached hydrogens (tertiary/aromatic N) is 3. The molecular formula is C34H41ClFN3O4. The lowest BCUT2D eigenvalue weighted by Crippen LogP contribution is -2.40. The second-order valence-corrected chi connectivity index (χ2v) is 10.4. The number of carbonyl (C=O) groups is 1. The number of allylic oxidation sites excluding steroid dienone is 9. The number of rotatable bonds is 14. The third-order valence-electron chi connectivity index (χ3n) is 7.26. The molecule has 1 heterocycles. The van der Waals surface area contributed by atoms with E-state index in [0.29, 0.717) is 46.7 Å². The fraction of sp³-hybridized carbons (Fsp3) is 0.382. The van der Waals surface area contributed by atoms with Crippen molar-refractivity contribution in [3.8, 4) is 0 Å². The summed E-state index contributed by atoms with van der Waals surface area (Å²) in [6.07, 6.45) is 15.3. The summed E-state index contributed by atoms with van der Waals surface area (Å²) < 4.78 is 26.6. The van der Waals surface area contributed by atoms with Gasteiger partial charge in [0.25, 0.3) is 11.5 Å². The number of carbonyl (C=O) groups excluding carboxylic acids is 1. The lowest BCUT2D eigenvalue weighted by molar-refractivity contribution is -0.130. The molecule has 0 spiro atoms. The number of fused-ring (bicyclic) bond motifs is 1. The van der Waals surface area contributed by atoms with Gasteiger partial charge in [0.1, 0.15) is 17.4 Å². The third kappa shape index (κ3) is 8.14. The summed E-state index contributed by atoms with van der Waals surface area (Å²) in [6, 6.07) is 6.52. The number of hydrogen-bond donors (Lipinski definition) is 0. The molecule has 1 aliphatic carbocycles. The van der Waals surface area contributed by atoms with E-state index in [2.05, 4.69) is 6.92 Å². The number of aromatic nitrogens is 2. The summed E-state index contributed by atoms with van der Waals surface area (Å²) >= 11 is 6.10. The number of benzene rings is 1. The van der Waals surface area contributed by atoms with Crippen LogP contribution in [0.15, 0.2) is 94.0 Å². The predicted molar refractivity (Wildman–Crippen MR) is 172 cm³/mol. The quantitative estimate of drug-likeness (QED) is 0.0936. The first-order valence-corrected chi connectivity index (χ1v) is 15.1. The van der Waals surface area contributed by atoms with Crippen molar-refractivity contribution < 1.29 is 18.7 Å². The van der Waals surface area contributed by atoms with Gasteiger partial charge in [-0.2, -0.15) is 0 Å². The molecule has 0 aliphatic heterocycles. The van der Waals surface area contributed by atoms with Gasteiger partial charge < -0.3 is 14.4 Å². The molecular weight excluding hydrogens is 569 g/mol. The van der Waals surface area contributed by atoms with E-state index in [0.717, 1.165) is 25.7 Å². The largest absolute Gasteiger partial charge is 0.504 e. The molecule has 0 radical (unpaired) electrons. The van der Waals surface area contributed by atoms with E-state index in [1.165, 1.54) is 37.2 Å². The predicted octanol–water partition coefficient (Wildman–Crippen LogP) is 8.11. The van der Waals surface area contributed by atoms with Crippen LogP contribution in [-0.2, 0) is 14.3 Å². The zero-order valence-corrected chi connectivity index (χ0v) is 26.4. The average Bonchev–Trinajstić information content (AvgIpc) is 3.18. The van der Waals surface area contributed by atoms with Crippen LogP contribution >= 0.6 is 11.6 Å². The van der Waals surface area contributed by atoms with Crippen molar-refractivity contribution in [2.45, 2.75) is 65.3 Å².